The fraction of sp³-hybridized carbons (Fsp3) is 0.667. The number of hydrogen-bond donors (Lipinski definition) is 2. The minimum Gasteiger partial charge on any atom is -0.460 e. The molecule has 0 radical (unpaired) electrons. The molecule has 5 rings (SSSR count). The van der Waals surface area contributed by atoms with E-state index in [0.717, 1.165) is 5.57 Å². The summed E-state index contributed by atoms with van der Waals surface area (Å²) in [6, 6.07) is 8.53. The minimum absolute atomic E-state index is 0.0349. The number of aliphatic hydroxyl groups is 2. The number of ketones is 3. The van der Waals surface area contributed by atoms with Crippen LogP contribution in [0.3, 0.4) is 0 Å². The first-order valence-corrected chi connectivity index (χ1v) is 17.2. The van der Waals surface area contributed by atoms with Crippen LogP contribution in [-0.2, 0) is 28.7 Å². The number of carbonyl (C=O) groups excluding carboxylic acids is 5. The van der Waals surface area contributed by atoms with Gasteiger partial charge in [-0.25, -0.2) is 4.79 Å². The van der Waals surface area contributed by atoms with Crippen LogP contribution in [-0.4, -0.2) is 62.9 Å². The van der Waals surface area contributed by atoms with Gasteiger partial charge in [0.05, 0.1) is 11.7 Å². The summed E-state index contributed by atoms with van der Waals surface area (Å²) in [5, 5.41) is 23.7. The van der Waals surface area contributed by atoms with Gasteiger partial charge >= 0.3 is 11.9 Å². The summed E-state index contributed by atoms with van der Waals surface area (Å²) >= 11 is 0. The summed E-state index contributed by atoms with van der Waals surface area (Å²) in [7, 11) is 0. The van der Waals surface area contributed by atoms with Gasteiger partial charge < -0.3 is 19.7 Å². The van der Waals surface area contributed by atoms with Crippen LogP contribution in [0.5, 0.6) is 0 Å². The number of benzene rings is 1. The third-order valence-electron chi connectivity index (χ3n) is 13.2. The number of ether oxygens (including phenoxy) is 2. The van der Waals surface area contributed by atoms with Crippen LogP contribution >= 0.6 is 0 Å². The van der Waals surface area contributed by atoms with Gasteiger partial charge in [0, 0.05) is 36.5 Å². The van der Waals surface area contributed by atoms with Crippen molar-refractivity contribution in [3.8, 4) is 0 Å². The Balaban J connectivity index is 1.47. The van der Waals surface area contributed by atoms with Crippen molar-refractivity contribution in [1.29, 1.82) is 0 Å². The Hall–Kier alpha value is -3.17. The van der Waals surface area contributed by atoms with E-state index in [1.807, 2.05) is 27.7 Å². The van der Waals surface area contributed by atoms with Gasteiger partial charge in [0.25, 0.3) is 0 Å². The number of esters is 2. The molecule has 9 nitrogen and oxygen atoms in total. The number of hydrogen-bond acceptors (Lipinski definition) is 9. The average molecular weight is 665 g/mol. The standard InChI is InChI=1S/C39H52O9/c1-22(40)48-34(2,3)18-17-29(42)39(9,46)31-26(41)20-36(6)28-16-15-24-25(38(28,8)30(43)21-37(31,36)7)19-27(32(44)35(24,4)5)47-33(45)23-13-11-10-12-14-23/h10-15,25-28,31,41,46H,16-21H2,1-9H3/t25-,26-,27+,28+,31+,36+,37-,38+,39+/m1/s1. The van der Waals surface area contributed by atoms with Crippen molar-refractivity contribution in [1.82, 2.24) is 0 Å². The van der Waals surface area contributed by atoms with Gasteiger partial charge in [0.15, 0.2) is 17.7 Å². The van der Waals surface area contributed by atoms with E-state index in [1.54, 1.807) is 44.2 Å². The molecule has 2 N–H and O–H groups in total. The van der Waals surface area contributed by atoms with E-state index in [2.05, 4.69) is 13.0 Å². The topological polar surface area (TPSA) is 144 Å². The van der Waals surface area contributed by atoms with Crippen molar-refractivity contribution in [3.05, 3.63) is 47.5 Å². The molecule has 262 valence electrons. The molecule has 0 aliphatic heterocycles. The van der Waals surface area contributed by atoms with Crippen molar-refractivity contribution in [2.75, 3.05) is 0 Å². The summed E-state index contributed by atoms with van der Waals surface area (Å²) in [5.41, 5.74) is -5.13. The molecule has 0 spiro atoms. The molecule has 3 fully saturated rings. The molecule has 4 aliphatic carbocycles. The Morgan fingerprint density at radius 2 is 1.60 bits per heavy atom. The quantitative estimate of drug-likeness (QED) is 0.269. The molecule has 9 heteroatoms. The van der Waals surface area contributed by atoms with Gasteiger partial charge in [-0.05, 0) is 95.1 Å². The molecule has 0 saturated heterocycles. The summed E-state index contributed by atoms with van der Waals surface area (Å²) in [6.45, 7) is 15.8. The highest BCUT2D eigenvalue weighted by Gasteiger charge is 2.74. The van der Waals surface area contributed by atoms with Gasteiger partial charge in [0.2, 0.25) is 0 Å². The number of aliphatic hydroxyl groups excluding tert-OH is 1. The molecular weight excluding hydrogens is 612 g/mol. The van der Waals surface area contributed by atoms with Crippen molar-refractivity contribution < 1.29 is 43.7 Å². The van der Waals surface area contributed by atoms with Gasteiger partial charge in [0.1, 0.15) is 17.0 Å². The summed E-state index contributed by atoms with van der Waals surface area (Å²) in [4.78, 5) is 66.9. The molecule has 0 aromatic heterocycles. The summed E-state index contributed by atoms with van der Waals surface area (Å²) in [5.74, 6) is -3.33. The second kappa shape index (κ2) is 11.7. The van der Waals surface area contributed by atoms with Crippen LogP contribution in [0.25, 0.3) is 0 Å². The zero-order valence-corrected chi connectivity index (χ0v) is 29.8. The first-order chi connectivity index (χ1) is 22.0. The largest absolute Gasteiger partial charge is 0.460 e. The van der Waals surface area contributed by atoms with E-state index >= 15 is 0 Å². The number of Topliss-reactive ketones (excluding diaryl/α,β-unsaturated/α-hetero) is 3. The van der Waals surface area contributed by atoms with Gasteiger partial charge in [-0.15, -0.1) is 0 Å². The maximum absolute atomic E-state index is 14.7. The third kappa shape index (κ3) is 5.40. The molecule has 0 heterocycles. The van der Waals surface area contributed by atoms with Crippen molar-refractivity contribution in [2.24, 2.45) is 39.4 Å². The molecule has 0 amide bonds. The predicted molar refractivity (Wildman–Crippen MR) is 177 cm³/mol. The molecule has 0 bridgehead atoms. The minimum atomic E-state index is -1.95. The lowest BCUT2D eigenvalue weighted by molar-refractivity contribution is -0.185. The fourth-order valence-electron chi connectivity index (χ4n) is 10.5. The SMILES string of the molecule is CC(=O)OC(C)(C)CCC(=O)[C@](C)(O)[C@H]1[C@H](O)C[C@@]2(C)[C@@H]3CC=C4[C@@H](C[C@H](OC(=O)c5ccccc5)C(=O)C4(C)C)[C@]3(C)C(=O)C[C@]12C. The highest BCUT2D eigenvalue weighted by molar-refractivity contribution is 5.98. The van der Waals surface area contributed by atoms with E-state index in [0.29, 0.717) is 12.0 Å². The summed E-state index contributed by atoms with van der Waals surface area (Å²) in [6.07, 6.45) is 1.11. The van der Waals surface area contributed by atoms with Crippen molar-refractivity contribution in [2.45, 2.75) is 124 Å². The van der Waals surface area contributed by atoms with Crippen LogP contribution in [0.1, 0.15) is 111 Å². The van der Waals surface area contributed by atoms with E-state index in [-0.39, 0.29) is 55.5 Å². The van der Waals surface area contributed by atoms with Crippen LogP contribution in [0.2, 0.25) is 0 Å². The maximum atomic E-state index is 14.7. The van der Waals surface area contributed by atoms with Crippen molar-refractivity contribution in [3.63, 3.8) is 0 Å². The zero-order valence-electron chi connectivity index (χ0n) is 29.8. The Morgan fingerprint density at radius 1 is 0.979 bits per heavy atom. The van der Waals surface area contributed by atoms with Crippen molar-refractivity contribution >= 4 is 29.3 Å². The third-order valence-corrected chi connectivity index (χ3v) is 13.2. The first kappa shape index (κ1) is 36.1. The molecule has 9 atom stereocenters. The van der Waals surface area contributed by atoms with E-state index < -0.39 is 68.7 Å². The number of rotatable bonds is 8. The van der Waals surface area contributed by atoms with Gasteiger partial charge in [-0.2, -0.15) is 0 Å². The lowest BCUT2D eigenvalue weighted by Gasteiger charge is -2.64. The molecule has 3 saturated carbocycles. The molecule has 0 unspecified atom stereocenters. The number of fused-ring (bicyclic) bond motifs is 5. The predicted octanol–water partition coefficient (Wildman–Crippen LogP) is 5.59. The van der Waals surface area contributed by atoms with Crippen LogP contribution < -0.4 is 0 Å². The lowest BCUT2D eigenvalue weighted by atomic mass is 9.38. The van der Waals surface area contributed by atoms with Gasteiger partial charge in [-0.1, -0.05) is 50.6 Å². The maximum Gasteiger partial charge on any atom is 0.338 e. The smallest absolute Gasteiger partial charge is 0.338 e. The van der Waals surface area contributed by atoms with E-state index in [1.165, 1.54) is 13.8 Å². The first-order valence-electron chi connectivity index (χ1n) is 17.2. The summed E-state index contributed by atoms with van der Waals surface area (Å²) < 4.78 is 11.2. The Labute approximate surface area is 283 Å². The molecule has 1 aromatic carbocycles. The van der Waals surface area contributed by atoms with E-state index in [9.17, 15) is 34.2 Å². The number of allylic oxidation sites excluding steroid dienone is 2. The average Bonchev–Trinajstić information content (AvgIpc) is 3.19. The second-order valence-corrected chi connectivity index (χ2v) is 16.9. The van der Waals surface area contributed by atoms with Crippen LogP contribution in [0.15, 0.2) is 42.0 Å². The molecule has 1 aromatic rings. The number of carbonyl (C=O) groups is 5. The monoisotopic (exact) mass is 664 g/mol. The molecular formula is C39H52O9. The fourth-order valence-corrected chi connectivity index (χ4v) is 10.5. The van der Waals surface area contributed by atoms with Gasteiger partial charge in [-0.3, -0.25) is 19.2 Å². The van der Waals surface area contributed by atoms with Crippen LogP contribution in [0.4, 0.5) is 0 Å². The molecule has 4 aliphatic rings. The normalized spacial score (nSPS) is 36.9. The Bertz CT molecular complexity index is 1550. The zero-order chi connectivity index (χ0) is 35.8. The van der Waals surface area contributed by atoms with E-state index in [4.69, 9.17) is 9.47 Å². The molecule has 48 heavy (non-hydrogen) atoms. The second-order valence-electron chi connectivity index (χ2n) is 16.9. The highest BCUT2D eigenvalue weighted by atomic mass is 16.6. The van der Waals surface area contributed by atoms with Crippen LogP contribution in [0, 0.1) is 39.4 Å². The Morgan fingerprint density at radius 3 is 2.21 bits per heavy atom. The Kier molecular flexibility index (Phi) is 8.82. The highest BCUT2D eigenvalue weighted by Crippen LogP contribution is 2.74. The lowest BCUT2D eigenvalue weighted by Crippen LogP contribution is -2.65.